The summed E-state index contributed by atoms with van der Waals surface area (Å²) < 4.78 is 0.849. The molecule has 0 aliphatic carbocycles. The maximum absolute atomic E-state index is 12.1. The second kappa shape index (κ2) is 5.72. The number of nitriles is 1. The van der Waals surface area contributed by atoms with Crippen molar-refractivity contribution in [2.75, 3.05) is 11.1 Å². The molecular weight excluding hydrogens is 320 g/mol. The van der Waals surface area contributed by atoms with Crippen molar-refractivity contribution in [3.8, 4) is 6.07 Å². The van der Waals surface area contributed by atoms with Crippen LogP contribution in [0.3, 0.4) is 0 Å². The van der Waals surface area contributed by atoms with E-state index in [-0.39, 0.29) is 11.6 Å². The number of benzene rings is 1. The van der Waals surface area contributed by atoms with Gasteiger partial charge in [0.2, 0.25) is 0 Å². The van der Waals surface area contributed by atoms with E-state index in [1.54, 1.807) is 12.1 Å². The molecule has 3 N–H and O–H groups in total. The summed E-state index contributed by atoms with van der Waals surface area (Å²) in [6.45, 7) is 1.85. The van der Waals surface area contributed by atoms with Gasteiger partial charge in [0, 0.05) is 10.7 Å². The number of halogens is 1. The van der Waals surface area contributed by atoms with Gasteiger partial charge in [-0.3, -0.25) is 4.79 Å². The van der Waals surface area contributed by atoms with Crippen LogP contribution in [0.4, 0.5) is 11.4 Å². The average Bonchev–Trinajstić information content (AvgIpc) is 2.42. The van der Waals surface area contributed by atoms with Crippen molar-refractivity contribution in [1.29, 1.82) is 5.26 Å². The Labute approximate surface area is 124 Å². The third-order valence-corrected chi connectivity index (χ3v) is 3.15. The van der Waals surface area contributed by atoms with Crippen LogP contribution in [0.25, 0.3) is 0 Å². The van der Waals surface area contributed by atoms with E-state index in [2.05, 4.69) is 26.2 Å². The van der Waals surface area contributed by atoms with Gasteiger partial charge in [-0.25, -0.2) is 4.98 Å². The van der Waals surface area contributed by atoms with E-state index in [0.717, 1.165) is 10.0 Å². The minimum Gasteiger partial charge on any atom is -0.397 e. The van der Waals surface area contributed by atoms with Crippen molar-refractivity contribution >= 4 is 33.2 Å². The number of nitrogens with one attached hydrogen (secondary N) is 1. The molecule has 20 heavy (non-hydrogen) atoms. The number of nitrogens with two attached hydrogens (primary N) is 1. The van der Waals surface area contributed by atoms with E-state index in [1.165, 1.54) is 12.3 Å². The molecule has 0 spiro atoms. The number of hydrogen-bond donors (Lipinski definition) is 2. The number of pyridine rings is 1. The second-order valence-corrected chi connectivity index (χ2v) is 5.10. The minimum absolute atomic E-state index is 0.228. The van der Waals surface area contributed by atoms with Gasteiger partial charge in [-0.15, -0.1) is 0 Å². The van der Waals surface area contributed by atoms with Gasteiger partial charge in [0.1, 0.15) is 11.8 Å². The van der Waals surface area contributed by atoms with Crippen LogP contribution in [0.1, 0.15) is 21.6 Å². The molecular formula is C14H11BrN4O. The van der Waals surface area contributed by atoms with Crippen molar-refractivity contribution in [3.05, 3.63) is 51.8 Å². The SMILES string of the molecule is Cc1cc(Br)cc(N)c1NC(=O)c1ccc(C#N)cn1. The number of amides is 1. The molecule has 0 bridgehead atoms. The van der Waals surface area contributed by atoms with Crippen LogP contribution in [0, 0.1) is 18.3 Å². The number of nitrogens with zero attached hydrogens (tertiary/aromatic N) is 2. The lowest BCUT2D eigenvalue weighted by Gasteiger charge is -2.11. The number of carbonyl (C=O) groups excluding carboxylic acids is 1. The third kappa shape index (κ3) is 2.95. The molecule has 0 aliphatic heterocycles. The van der Waals surface area contributed by atoms with Crippen LogP contribution in [0.2, 0.25) is 0 Å². The van der Waals surface area contributed by atoms with E-state index >= 15 is 0 Å². The largest absolute Gasteiger partial charge is 0.397 e. The maximum Gasteiger partial charge on any atom is 0.274 e. The van der Waals surface area contributed by atoms with Crippen LogP contribution in [-0.4, -0.2) is 10.9 Å². The first kappa shape index (κ1) is 14.0. The first-order chi connectivity index (χ1) is 9.51. The topological polar surface area (TPSA) is 91.8 Å². The lowest BCUT2D eigenvalue weighted by Crippen LogP contribution is -2.15. The summed E-state index contributed by atoms with van der Waals surface area (Å²) >= 11 is 3.34. The fraction of sp³-hybridized carbons (Fsp3) is 0.0714. The molecule has 0 radical (unpaired) electrons. The lowest BCUT2D eigenvalue weighted by atomic mass is 10.1. The zero-order valence-corrected chi connectivity index (χ0v) is 12.2. The molecule has 0 saturated heterocycles. The van der Waals surface area contributed by atoms with Crippen molar-refractivity contribution in [3.63, 3.8) is 0 Å². The Kier molecular flexibility index (Phi) is 4.01. The number of nitrogen functional groups attached to an aromatic ring is 1. The monoisotopic (exact) mass is 330 g/mol. The van der Waals surface area contributed by atoms with Crippen LogP contribution < -0.4 is 11.1 Å². The number of carbonyl (C=O) groups is 1. The van der Waals surface area contributed by atoms with Gasteiger partial charge in [0.15, 0.2) is 0 Å². The summed E-state index contributed by atoms with van der Waals surface area (Å²) in [7, 11) is 0. The van der Waals surface area contributed by atoms with Gasteiger partial charge in [-0.2, -0.15) is 5.26 Å². The van der Waals surface area contributed by atoms with Crippen LogP contribution in [0.15, 0.2) is 34.9 Å². The zero-order valence-electron chi connectivity index (χ0n) is 10.6. The van der Waals surface area contributed by atoms with E-state index in [1.807, 2.05) is 19.1 Å². The maximum atomic E-state index is 12.1. The van der Waals surface area contributed by atoms with E-state index in [9.17, 15) is 4.79 Å². The predicted octanol–water partition coefficient (Wildman–Crippen LogP) is 2.86. The Morgan fingerprint density at radius 1 is 1.45 bits per heavy atom. The summed E-state index contributed by atoms with van der Waals surface area (Å²) in [6, 6.07) is 8.56. The molecule has 6 heteroatoms. The molecule has 0 saturated carbocycles. The molecule has 5 nitrogen and oxygen atoms in total. The van der Waals surface area contributed by atoms with Crippen molar-refractivity contribution in [2.24, 2.45) is 0 Å². The molecule has 1 aromatic carbocycles. The zero-order chi connectivity index (χ0) is 14.7. The van der Waals surface area contributed by atoms with Gasteiger partial charge in [-0.05, 0) is 36.8 Å². The summed E-state index contributed by atoms with van der Waals surface area (Å²) in [5.41, 5.74) is 8.39. The number of aryl methyl sites for hydroxylation is 1. The molecule has 0 atom stereocenters. The minimum atomic E-state index is -0.369. The second-order valence-electron chi connectivity index (χ2n) is 4.18. The highest BCUT2D eigenvalue weighted by molar-refractivity contribution is 9.10. The highest BCUT2D eigenvalue weighted by atomic mass is 79.9. The Bertz CT molecular complexity index is 681. The van der Waals surface area contributed by atoms with Crippen molar-refractivity contribution < 1.29 is 4.79 Å². The first-order valence-electron chi connectivity index (χ1n) is 5.74. The third-order valence-electron chi connectivity index (χ3n) is 2.69. The summed E-state index contributed by atoms with van der Waals surface area (Å²) in [5, 5.41) is 11.4. The summed E-state index contributed by atoms with van der Waals surface area (Å²) in [5.74, 6) is -0.369. The Morgan fingerprint density at radius 2 is 2.20 bits per heavy atom. The molecule has 0 aliphatic rings. The highest BCUT2D eigenvalue weighted by Crippen LogP contribution is 2.28. The molecule has 1 heterocycles. The number of anilines is 2. The highest BCUT2D eigenvalue weighted by Gasteiger charge is 2.12. The van der Waals surface area contributed by atoms with Crippen LogP contribution >= 0.6 is 15.9 Å². The average molecular weight is 331 g/mol. The molecule has 0 fully saturated rings. The quantitative estimate of drug-likeness (QED) is 0.828. The van der Waals surface area contributed by atoms with Gasteiger partial charge in [-0.1, -0.05) is 15.9 Å². The smallest absolute Gasteiger partial charge is 0.274 e. The summed E-state index contributed by atoms with van der Waals surface area (Å²) in [6.07, 6.45) is 1.35. The Balaban J connectivity index is 2.26. The molecule has 1 aromatic heterocycles. The van der Waals surface area contributed by atoms with Gasteiger partial charge in [0.25, 0.3) is 5.91 Å². The molecule has 2 rings (SSSR count). The number of hydrogen-bond acceptors (Lipinski definition) is 4. The summed E-state index contributed by atoms with van der Waals surface area (Å²) in [4.78, 5) is 16.0. The van der Waals surface area contributed by atoms with Gasteiger partial charge < -0.3 is 11.1 Å². The fourth-order valence-electron chi connectivity index (χ4n) is 1.71. The van der Waals surface area contributed by atoms with E-state index in [4.69, 9.17) is 11.0 Å². The van der Waals surface area contributed by atoms with Crippen molar-refractivity contribution in [1.82, 2.24) is 4.98 Å². The van der Waals surface area contributed by atoms with Gasteiger partial charge >= 0.3 is 0 Å². The van der Waals surface area contributed by atoms with E-state index < -0.39 is 0 Å². The molecule has 0 unspecified atom stereocenters. The number of aromatic nitrogens is 1. The number of rotatable bonds is 2. The fourth-order valence-corrected chi connectivity index (χ4v) is 2.30. The molecule has 2 aromatic rings. The lowest BCUT2D eigenvalue weighted by molar-refractivity contribution is 0.102. The van der Waals surface area contributed by atoms with Gasteiger partial charge in [0.05, 0.1) is 16.9 Å². The van der Waals surface area contributed by atoms with Crippen LogP contribution in [0.5, 0.6) is 0 Å². The first-order valence-corrected chi connectivity index (χ1v) is 6.53. The van der Waals surface area contributed by atoms with Crippen LogP contribution in [-0.2, 0) is 0 Å². The standard InChI is InChI=1S/C14H11BrN4O/c1-8-4-10(15)5-11(17)13(8)19-14(20)12-3-2-9(6-16)7-18-12/h2-5,7H,17H2,1H3,(H,19,20). The Hall–Kier alpha value is -2.39. The predicted molar refractivity (Wildman–Crippen MR) is 80.2 cm³/mol. The van der Waals surface area contributed by atoms with Crippen molar-refractivity contribution in [2.45, 2.75) is 6.92 Å². The Morgan fingerprint density at radius 3 is 2.75 bits per heavy atom. The normalized spacial score (nSPS) is 9.85. The molecule has 1 amide bonds. The molecule has 100 valence electrons. The van der Waals surface area contributed by atoms with E-state index in [0.29, 0.717) is 16.9 Å².